The number of sulfonamides is 1. The molecule has 2 aliphatic heterocycles. The molecule has 270 valence electrons. The smallest absolute Gasteiger partial charge is 0.264 e. The first-order chi connectivity index (χ1) is 23.9. The molecule has 2 aromatic carbocycles. The maximum Gasteiger partial charge on any atom is 0.264 e. The first kappa shape index (κ1) is 36.8. The van der Waals surface area contributed by atoms with Gasteiger partial charge in [0.2, 0.25) is 10.0 Å². The maximum atomic E-state index is 13.3. The van der Waals surface area contributed by atoms with E-state index in [1.165, 1.54) is 30.4 Å². The van der Waals surface area contributed by atoms with Gasteiger partial charge < -0.3 is 14.7 Å². The average molecular weight is 722 g/mol. The van der Waals surface area contributed by atoms with Crippen LogP contribution in [0.3, 0.4) is 0 Å². The van der Waals surface area contributed by atoms with E-state index in [9.17, 15) is 18.3 Å². The molecule has 1 saturated heterocycles. The highest BCUT2D eigenvalue weighted by Crippen LogP contribution is 2.48. The number of carbonyl (C=O) groups excluding carboxylic acids is 1. The van der Waals surface area contributed by atoms with Crippen molar-refractivity contribution in [3.63, 3.8) is 0 Å². The van der Waals surface area contributed by atoms with E-state index in [1.807, 2.05) is 18.2 Å². The third-order valence-corrected chi connectivity index (χ3v) is 13.2. The molecule has 4 aliphatic rings. The molecule has 2 N–H and O–H groups in total. The van der Waals surface area contributed by atoms with Crippen LogP contribution in [0.25, 0.3) is 0 Å². The van der Waals surface area contributed by atoms with Gasteiger partial charge in [0.15, 0.2) is 0 Å². The molecule has 4 atom stereocenters. The van der Waals surface area contributed by atoms with E-state index < -0.39 is 26.8 Å². The zero-order valence-electron chi connectivity index (χ0n) is 29.7. The maximum absolute atomic E-state index is 13.3. The molecule has 0 radical (unpaired) electrons. The number of anilines is 1. The van der Waals surface area contributed by atoms with Crippen LogP contribution in [0.15, 0.2) is 48.6 Å². The Kier molecular flexibility index (Phi) is 11.2. The minimum atomic E-state index is -3.81. The van der Waals surface area contributed by atoms with Crippen molar-refractivity contribution in [2.45, 2.75) is 94.8 Å². The molecule has 10 heteroatoms. The van der Waals surface area contributed by atoms with Gasteiger partial charge in [-0.2, -0.15) is 0 Å². The Labute approximate surface area is 303 Å². The van der Waals surface area contributed by atoms with Gasteiger partial charge in [0.25, 0.3) is 5.91 Å². The van der Waals surface area contributed by atoms with E-state index in [-0.39, 0.29) is 22.8 Å². The van der Waals surface area contributed by atoms with Crippen molar-refractivity contribution in [3.8, 4) is 17.6 Å². The number of aryl methyl sites for hydroxylation is 1. The Balaban J connectivity index is 1.33. The van der Waals surface area contributed by atoms with Gasteiger partial charge in [-0.15, -0.1) is 0 Å². The number of hydrogen-bond donors (Lipinski definition) is 2. The molecular formula is C40H52ClN3O5S. The highest BCUT2D eigenvalue weighted by atomic mass is 35.5. The molecule has 0 bridgehead atoms. The van der Waals surface area contributed by atoms with Gasteiger partial charge in [0.1, 0.15) is 11.4 Å². The van der Waals surface area contributed by atoms with Gasteiger partial charge in [-0.3, -0.25) is 9.69 Å². The Morgan fingerprint density at radius 1 is 1.16 bits per heavy atom. The number of piperidine rings is 1. The number of hydrogen-bond acceptors (Lipinski definition) is 7. The molecule has 1 amide bonds. The van der Waals surface area contributed by atoms with E-state index >= 15 is 0 Å². The van der Waals surface area contributed by atoms with Crippen LogP contribution in [0.4, 0.5) is 5.69 Å². The van der Waals surface area contributed by atoms with E-state index in [2.05, 4.69) is 45.4 Å². The first-order valence-electron chi connectivity index (χ1n) is 18.4. The van der Waals surface area contributed by atoms with Gasteiger partial charge in [-0.05, 0) is 132 Å². The lowest BCUT2D eigenvalue weighted by Gasteiger charge is -2.47. The fourth-order valence-corrected chi connectivity index (χ4v) is 8.98. The van der Waals surface area contributed by atoms with Crippen molar-refractivity contribution in [2.24, 2.45) is 11.8 Å². The van der Waals surface area contributed by atoms with Crippen LogP contribution in [0.2, 0.25) is 5.02 Å². The molecule has 2 aliphatic carbocycles. The average Bonchev–Trinajstić information content (AvgIpc) is 3.22. The molecule has 6 rings (SSSR count). The van der Waals surface area contributed by atoms with Crippen LogP contribution in [-0.2, 0) is 21.9 Å². The summed E-state index contributed by atoms with van der Waals surface area (Å²) in [4.78, 5) is 18.0. The van der Waals surface area contributed by atoms with E-state index in [0.29, 0.717) is 32.0 Å². The number of nitrogens with zero attached hydrogens (tertiary/aromatic N) is 2. The second-order valence-electron chi connectivity index (χ2n) is 15.0. The standard InChI is InChI=1S/C40H52ClN3O5S/c1-4-5-19-40(46,20-10-23-43-21-7-6-8-22-43)35-15-12-32(35)26-44-27-39(18-9-11-30-24-33(41)14-16-34(30)39)28-49-37-17-13-31(25-36(37)44)38(45)42-50(47,48)29(2)3/h5,13-14,16-17,19,24-25,29,32,35,46H,4,6-9,11-12,15,18,21-23,26-28H2,1-3H3,(H,42,45)/b19-5+/t32-,35+,39-,40+/m0/s1. The number of allylic oxidation sites excluding steroid dienone is 1. The summed E-state index contributed by atoms with van der Waals surface area (Å²) in [5.74, 6) is 6.75. The number of fused-ring (bicyclic) bond motifs is 3. The number of amides is 1. The second kappa shape index (κ2) is 15.3. The van der Waals surface area contributed by atoms with Crippen LogP contribution in [0.1, 0.15) is 93.6 Å². The van der Waals surface area contributed by atoms with Crippen LogP contribution in [-0.4, -0.2) is 74.5 Å². The van der Waals surface area contributed by atoms with E-state index in [4.69, 9.17) is 16.3 Å². The normalized spacial score (nSPS) is 25.0. The molecule has 1 saturated carbocycles. The largest absolute Gasteiger partial charge is 0.490 e. The first-order valence-corrected chi connectivity index (χ1v) is 20.3. The molecule has 2 heterocycles. The number of benzene rings is 2. The zero-order chi connectivity index (χ0) is 35.5. The van der Waals surface area contributed by atoms with Crippen molar-refractivity contribution in [2.75, 3.05) is 44.2 Å². The number of likely N-dealkylation sites (tertiary alicyclic amines) is 1. The minimum Gasteiger partial charge on any atom is -0.490 e. The Hall–Kier alpha value is -3.03. The molecule has 2 aromatic rings. The number of halogens is 1. The van der Waals surface area contributed by atoms with Gasteiger partial charge in [-0.1, -0.05) is 48.9 Å². The summed E-state index contributed by atoms with van der Waals surface area (Å²) in [5.41, 5.74) is 1.94. The number of aliphatic hydroxyl groups is 1. The lowest BCUT2D eigenvalue weighted by molar-refractivity contribution is -0.00324. The van der Waals surface area contributed by atoms with Gasteiger partial charge >= 0.3 is 0 Å². The molecule has 50 heavy (non-hydrogen) atoms. The highest BCUT2D eigenvalue weighted by molar-refractivity contribution is 7.90. The number of ether oxygens (including phenoxy) is 1. The molecule has 2 fully saturated rings. The van der Waals surface area contributed by atoms with Crippen molar-refractivity contribution in [1.82, 2.24) is 9.62 Å². The third-order valence-electron chi connectivity index (χ3n) is 11.2. The summed E-state index contributed by atoms with van der Waals surface area (Å²) in [7, 11) is -3.81. The van der Waals surface area contributed by atoms with Crippen LogP contribution < -0.4 is 14.4 Å². The molecule has 0 aromatic heterocycles. The number of rotatable bonds is 9. The fraction of sp³-hybridized carbons (Fsp3) is 0.575. The summed E-state index contributed by atoms with van der Waals surface area (Å²) >= 11 is 6.46. The minimum absolute atomic E-state index is 0.0529. The highest BCUT2D eigenvalue weighted by Gasteiger charge is 2.47. The van der Waals surface area contributed by atoms with Crippen LogP contribution in [0.5, 0.6) is 5.75 Å². The summed E-state index contributed by atoms with van der Waals surface area (Å²) in [6.07, 6.45) is 13.1. The summed E-state index contributed by atoms with van der Waals surface area (Å²) in [5, 5.41) is 12.1. The van der Waals surface area contributed by atoms with Crippen LogP contribution in [0, 0.1) is 23.7 Å². The lowest BCUT2D eigenvalue weighted by atomic mass is 9.64. The monoisotopic (exact) mass is 721 g/mol. The molecular weight excluding hydrogens is 670 g/mol. The predicted octanol–water partition coefficient (Wildman–Crippen LogP) is 6.49. The lowest BCUT2D eigenvalue weighted by Crippen LogP contribution is -2.52. The molecule has 8 nitrogen and oxygen atoms in total. The summed E-state index contributed by atoms with van der Waals surface area (Å²) < 4.78 is 34.1. The number of nitrogens with one attached hydrogen (secondary N) is 1. The molecule has 0 unspecified atom stereocenters. The summed E-state index contributed by atoms with van der Waals surface area (Å²) in [6.45, 7) is 9.69. The third kappa shape index (κ3) is 7.89. The van der Waals surface area contributed by atoms with Gasteiger partial charge in [0, 0.05) is 35.0 Å². The Bertz CT molecular complexity index is 1760. The van der Waals surface area contributed by atoms with Crippen LogP contribution >= 0.6 is 11.6 Å². The van der Waals surface area contributed by atoms with Crippen molar-refractivity contribution in [1.29, 1.82) is 0 Å². The Morgan fingerprint density at radius 3 is 2.68 bits per heavy atom. The van der Waals surface area contributed by atoms with Gasteiger partial charge in [-0.25, -0.2) is 13.1 Å². The van der Waals surface area contributed by atoms with Crippen molar-refractivity contribution >= 4 is 33.2 Å². The van der Waals surface area contributed by atoms with Crippen molar-refractivity contribution in [3.05, 3.63) is 70.3 Å². The zero-order valence-corrected chi connectivity index (χ0v) is 31.3. The van der Waals surface area contributed by atoms with E-state index in [1.54, 1.807) is 32.0 Å². The quantitative estimate of drug-likeness (QED) is 0.226. The fourth-order valence-electron chi connectivity index (χ4n) is 8.18. The second-order valence-corrected chi connectivity index (χ2v) is 17.7. The SMILES string of the molecule is CC/C=C/[C@@](O)(C#CCN1CCCCC1)[C@@H]1CC[C@H]1CN1C[C@@]2(CCCc3cc(Cl)ccc32)COc2ccc(C(=O)NS(=O)(=O)C(C)C)cc21. The summed E-state index contributed by atoms with van der Waals surface area (Å²) in [6, 6.07) is 11.4. The van der Waals surface area contributed by atoms with E-state index in [0.717, 1.165) is 62.3 Å². The van der Waals surface area contributed by atoms with Gasteiger partial charge in [0.05, 0.1) is 24.1 Å². The Morgan fingerprint density at radius 2 is 1.96 bits per heavy atom. The topological polar surface area (TPSA) is 99.2 Å². The predicted molar refractivity (Wildman–Crippen MR) is 200 cm³/mol. The molecule has 1 spiro atoms. The number of carbonyl (C=O) groups is 1. The van der Waals surface area contributed by atoms with Crippen molar-refractivity contribution < 1.29 is 23.1 Å².